The molecule has 120 valence electrons. The van der Waals surface area contributed by atoms with Crippen LogP contribution in [-0.4, -0.2) is 6.04 Å². The van der Waals surface area contributed by atoms with Gasteiger partial charge in [0.1, 0.15) is 5.82 Å². The Morgan fingerprint density at radius 3 is 2.38 bits per heavy atom. The number of unbranched alkanes of at least 4 members (excludes halogenated alkanes) is 1. The lowest BCUT2D eigenvalue weighted by atomic mass is 10.0. The number of rotatable bonds is 8. The second-order valence-corrected chi connectivity index (χ2v) is 5.32. The lowest BCUT2D eigenvalue weighted by Crippen LogP contribution is -2.28. The number of alkyl halides is 3. The zero-order valence-corrected chi connectivity index (χ0v) is 12.6. The molecule has 21 heavy (non-hydrogen) atoms. The van der Waals surface area contributed by atoms with Gasteiger partial charge in [0, 0.05) is 12.6 Å². The highest BCUT2D eigenvalue weighted by molar-refractivity contribution is 5.27. The summed E-state index contributed by atoms with van der Waals surface area (Å²) in [5.41, 5.74) is -0.733. The first-order chi connectivity index (χ1) is 9.88. The van der Waals surface area contributed by atoms with Crippen molar-refractivity contribution < 1.29 is 17.6 Å². The van der Waals surface area contributed by atoms with E-state index in [4.69, 9.17) is 0 Å². The quantitative estimate of drug-likeness (QED) is 0.643. The molecule has 0 spiro atoms. The lowest BCUT2D eigenvalue weighted by Gasteiger charge is -2.18. The Morgan fingerprint density at radius 2 is 1.81 bits per heavy atom. The van der Waals surface area contributed by atoms with Crippen LogP contribution in [0.1, 0.15) is 57.1 Å². The number of benzene rings is 1. The van der Waals surface area contributed by atoms with Crippen LogP contribution in [0.4, 0.5) is 17.6 Å². The molecule has 1 rings (SSSR count). The topological polar surface area (TPSA) is 12.0 Å². The Labute approximate surface area is 123 Å². The van der Waals surface area contributed by atoms with Crippen molar-refractivity contribution in [2.45, 2.75) is 64.7 Å². The van der Waals surface area contributed by atoms with Crippen LogP contribution in [0.3, 0.4) is 0 Å². The van der Waals surface area contributed by atoms with Gasteiger partial charge in [-0.3, -0.25) is 0 Å². The molecule has 1 unspecified atom stereocenters. The normalized spacial score (nSPS) is 13.4. The summed E-state index contributed by atoms with van der Waals surface area (Å²) in [6.45, 7) is 4.52. The predicted octanol–water partition coefficient (Wildman–Crippen LogP) is 5.29. The van der Waals surface area contributed by atoms with Crippen LogP contribution in [0, 0.1) is 5.82 Å². The van der Waals surface area contributed by atoms with E-state index in [1.807, 2.05) is 0 Å². The Balaban J connectivity index is 2.69. The van der Waals surface area contributed by atoms with Crippen molar-refractivity contribution in [1.29, 1.82) is 0 Å². The van der Waals surface area contributed by atoms with Gasteiger partial charge in [0.15, 0.2) is 0 Å². The van der Waals surface area contributed by atoms with Crippen LogP contribution >= 0.6 is 0 Å². The molecule has 0 bridgehead atoms. The Hall–Kier alpha value is -1.10. The average molecular weight is 305 g/mol. The van der Waals surface area contributed by atoms with Crippen LogP contribution in [0.15, 0.2) is 18.2 Å². The first kappa shape index (κ1) is 18.0. The van der Waals surface area contributed by atoms with Gasteiger partial charge < -0.3 is 5.32 Å². The summed E-state index contributed by atoms with van der Waals surface area (Å²) in [5.74, 6) is -1.22. The highest BCUT2D eigenvalue weighted by Crippen LogP contribution is 2.31. The van der Waals surface area contributed by atoms with Crippen LogP contribution in [0.5, 0.6) is 0 Å². The summed E-state index contributed by atoms with van der Waals surface area (Å²) in [6.07, 6.45) is 0.570. The van der Waals surface area contributed by atoms with Gasteiger partial charge in [-0.25, -0.2) is 4.39 Å². The second-order valence-electron chi connectivity index (χ2n) is 5.32. The van der Waals surface area contributed by atoms with Gasteiger partial charge in [-0.05, 0) is 30.5 Å². The molecule has 0 fully saturated rings. The van der Waals surface area contributed by atoms with E-state index in [-0.39, 0.29) is 0 Å². The fourth-order valence-corrected chi connectivity index (χ4v) is 2.31. The number of hydrogen-bond donors (Lipinski definition) is 1. The van der Waals surface area contributed by atoms with Gasteiger partial charge >= 0.3 is 6.18 Å². The molecule has 1 aromatic rings. The minimum absolute atomic E-state index is 0.300. The van der Waals surface area contributed by atoms with Crippen molar-refractivity contribution in [2.75, 3.05) is 0 Å². The summed E-state index contributed by atoms with van der Waals surface area (Å²) in [6, 6.07) is 3.49. The van der Waals surface area contributed by atoms with E-state index in [1.54, 1.807) is 0 Å². The molecule has 0 amide bonds. The van der Waals surface area contributed by atoms with Crippen molar-refractivity contribution in [2.24, 2.45) is 0 Å². The molecule has 0 aliphatic heterocycles. The molecule has 0 radical (unpaired) electrons. The summed E-state index contributed by atoms with van der Waals surface area (Å²) >= 11 is 0. The standard InChI is InChI=1S/C16H23F4N/c1-3-5-7-13(6-4-2)21-11-12-8-9-15(17)14(10-12)16(18,19)20/h8-10,13,21H,3-7,11H2,1-2H3. The number of halogens is 4. The van der Waals surface area contributed by atoms with Crippen LogP contribution < -0.4 is 5.32 Å². The molecule has 0 aromatic heterocycles. The van der Waals surface area contributed by atoms with Crippen LogP contribution in [0.2, 0.25) is 0 Å². The van der Waals surface area contributed by atoms with E-state index < -0.39 is 17.6 Å². The first-order valence-electron chi connectivity index (χ1n) is 7.47. The number of nitrogens with one attached hydrogen (secondary N) is 1. The minimum Gasteiger partial charge on any atom is -0.310 e. The Kier molecular flexibility index (Phi) is 7.15. The van der Waals surface area contributed by atoms with E-state index in [9.17, 15) is 17.6 Å². The molecule has 0 saturated heterocycles. The van der Waals surface area contributed by atoms with Gasteiger partial charge in [0.25, 0.3) is 0 Å². The van der Waals surface area contributed by atoms with Crippen molar-refractivity contribution >= 4 is 0 Å². The Morgan fingerprint density at radius 1 is 1.10 bits per heavy atom. The first-order valence-corrected chi connectivity index (χ1v) is 7.47. The highest BCUT2D eigenvalue weighted by Gasteiger charge is 2.34. The summed E-state index contributed by atoms with van der Waals surface area (Å²) < 4.78 is 51.2. The molecule has 0 heterocycles. The van der Waals surface area contributed by atoms with Crippen molar-refractivity contribution in [3.63, 3.8) is 0 Å². The van der Waals surface area contributed by atoms with Gasteiger partial charge in [-0.1, -0.05) is 39.2 Å². The maximum atomic E-state index is 13.2. The zero-order chi connectivity index (χ0) is 15.9. The third-order valence-corrected chi connectivity index (χ3v) is 3.47. The van der Waals surface area contributed by atoms with Gasteiger partial charge in [0.2, 0.25) is 0 Å². The molecule has 1 aromatic carbocycles. The van der Waals surface area contributed by atoms with Gasteiger partial charge in [-0.15, -0.1) is 0 Å². The molecule has 1 nitrogen and oxygen atoms in total. The lowest BCUT2D eigenvalue weighted by molar-refractivity contribution is -0.140. The minimum atomic E-state index is -4.65. The highest BCUT2D eigenvalue weighted by atomic mass is 19.4. The van der Waals surface area contributed by atoms with Crippen LogP contribution in [0.25, 0.3) is 0 Å². The van der Waals surface area contributed by atoms with Gasteiger partial charge in [-0.2, -0.15) is 13.2 Å². The van der Waals surface area contributed by atoms with E-state index in [2.05, 4.69) is 19.2 Å². The third kappa shape index (κ3) is 6.04. The maximum absolute atomic E-state index is 13.2. The SMILES string of the molecule is CCCCC(CCC)NCc1ccc(F)c(C(F)(F)F)c1. The molecule has 0 saturated carbocycles. The molecule has 1 atom stereocenters. The molecule has 0 aliphatic rings. The van der Waals surface area contributed by atoms with Gasteiger partial charge in [0.05, 0.1) is 5.56 Å². The predicted molar refractivity (Wildman–Crippen MR) is 76.5 cm³/mol. The van der Waals surface area contributed by atoms with Crippen molar-refractivity contribution in [3.05, 3.63) is 35.1 Å². The van der Waals surface area contributed by atoms with E-state index in [1.165, 1.54) is 6.07 Å². The number of hydrogen-bond acceptors (Lipinski definition) is 1. The monoisotopic (exact) mass is 305 g/mol. The zero-order valence-electron chi connectivity index (χ0n) is 12.6. The summed E-state index contributed by atoms with van der Waals surface area (Å²) in [4.78, 5) is 0. The fraction of sp³-hybridized carbons (Fsp3) is 0.625. The van der Waals surface area contributed by atoms with Crippen molar-refractivity contribution in [1.82, 2.24) is 5.32 Å². The molecule has 1 N–H and O–H groups in total. The Bertz CT molecular complexity index is 429. The van der Waals surface area contributed by atoms with E-state index >= 15 is 0 Å². The maximum Gasteiger partial charge on any atom is 0.419 e. The fourth-order valence-electron chi connectivity index (χ4n) is 2.31. The van der Waals surface area contributed by atoms with E-state index in [0.717, 1.165) is 44.2 Å². The molecule has 5 heteroatoms. The van der Waals surface area contributed by atoms with E-state index in [0.29, 0.717) is 18.2 Å². The third-order valence-electron chi connectivity index (χ3n) is 3.47. The largest absolute Gasteiger partial charge is 0.419 e. The summed E-state index contributed by atoms with van der Waals surface area (Å²) in [7, 11) is 0. The molecular formula is C16H23F4N. The second kappa shape index (κ2) is 8.37. The van der Waals surface area contributed by atoms with Crippen molar-refractivity contribution in [3.8, 4) is 0 Å². The molecule has 0 aliphatic carbocycles. The van der Waals surface area contributed by atoms with Crippen LogP contribution in [-0.2, 0) is 12.7 Å². The smallest absolute Gasteiger partial charge is 0.310 e. The molecular weight excluding hydrogens is 282 g/mol. The average Bonchev–Trinajstić information content (AvgIpc) is 2.42. The summed E-state index contributed by atoms with van der Waals surface area (Å²) in [5, 5.41) is 3.28.